The summed E-state index contributed by atoms with van der Waals surface area (Å²) in [5, 5.41) is 9.26. The van der Waals surface area contributed by atoms with Crippen molar-refractivity contribution in [2.45, 2.75) is 25.5 Å². The molecule has 0 fully saturated rings. The molecule has 0 spiro atoms. The van der Waals surface area contributed by atoms with E-state index in [4.69, 9.17) is 5.73 Å². The second-order valence-electron chi connectivity index (χ2n) is 3.34. The first-order valence-corrected chi connectivity index (χ1v) is 4.13. The molecular weight excluding hydrogens is 150 g/mol. The van der Waals surface area contributed by atoms with Crippen molar-refractivity contribution < 1.29 is 5.11 Å². The lowest BCUT2D eigenvalue weighted by Gasteiger charge is -2.16. The van der Waals surface area contributed by atoms with Gasteiger partial charge in [-0.1, -0.05) is 30.3 Å². The van der Waals surface area contributed by atoms with Crippen LogP contribution in [0, 0.1) is 0 Å². The minimum atomic E-state index is -1.05. The van der Waals surface area contributed by atoms with Crippen molar-refractivity contribution in [2.75, 3.05) is 0 Å². The minimum absolute atomic E-state index is 0.594. The van der Waals surface area contributed by atoms with Crippen molar-refractivity contribution in [2.24, 2.45) is 5.73 Å². The zero-order valence-corrected chi connectivity index (χ0v) is 7.33. The van der Waals surface area contributed by atoms with Crippen LogP contribution >= 0.6 is 0 Å². The van der Waals surface area contributed by atoms with E-state index in [2.05, 4.69) is 0 Å². The number of hydrogen-bond donors (Lipinski definition) is 2. The molecule has 0 aliphatic heterocycles. The van der Waals surface area contributed by atoms with Crippen LogP contribution in [0.15, 0.2) is 30.3 Å². The third-order valence-corrected chi connectivity index (χ3v) is 1.76. The average molecular weight is 165 g/mol. The molecule has 2 heteroatoms. The van der Waals surface area contributed by atoms with Gasteiger partial charge in [0.05, 0.1) is 0 Å². The maximum atomic E-state index is 9.26. The predicted octanol–water partition coefficient (Wildman–Crippen LogP) is 1.29. The lowest BCUT2D eigenvalue weighted by atomic mass is 10.0. The molecule has 0 saturated carbocycles. The maximum absolute atomic E-state index is 9.26. The largest absolute Gasteiger partial charge is 0.376 e. The highest BCUT2D eigenvalue weighted by molar-refractivity contribution is 5.14. The van der Waals surface area contributed by atoms with Gasteiger partial charge < -0.3 is 10.8 Å². The fraction of sp³-hybridized carbons (Fsp3) is 0.400. The normalized spacial score (nSPS) is 15.6. The van der Waals surface area contributed by atoms with Gasteiger partial charge in [-0.05, 0) is 25.3 Å². The molecule has 0 heterocycles. The van der Waals surface area contributed by atoms with Crippen molar-refractivity contribution in [3.05, 3.63) is 35.9 Å². The monoisotopic (exact) mass is 165 g/mol. The fourth-order valence-electron chi connectivity index (χ4n) is 1.04. The lowest BCUT2D eigenvalue weighted by Crippen LogP contribution is -2.35. The van der Waals surface area contributed by atoms with Gasteiger partial charge in [0.25, 0.3) is 0 Å². The summed E-state index contributed by atoms with van der Waals surface area (Å²) >= 11 is 0. The molecule has 2 nitrogen and oxygen atoms in total. The summed E-state index contributed by atoms with van der Waals surface area (Å²) in [5.74, 6) is 0. The van der Waals surface area contributed by atoms with Crippen LogP contribution in [0.2, 0.25) is 0 Å². The van der Waals surface area contributed by atoms with Crippen molar-refractivity contribution >= 4 is 0 Å². The smallest absolute Gasteiger partial charge is 0.111 e. The van der Waals surface area contributed by atoms with Crippen molar-refractivity contribution in [1.29, 1.82) is 0 Å². The van der Waals surface area contributed by atoms with Gasteiger partial charge >= 0.3 is 0 Å². The molecule has 1 atom stereocenters. The second kappa shape index (κ2) is 3.70. The molecule has 12 heavy (non-hydrogen) atoms. The molecule has 1 aromatic carbocycles. The molecule has 0 aromatic heterocycles. The Morgan fingerprint density at radius 1 is 1.33 bits per heavy atom. The Kier molecular flexibility index (Phi) is 2.84. The Bertz CT molecular complexity index is 225. The molecule has 1 aromatic rings. The van der Waals surface area contributed by atoms with Crippen LogP contribution in [-0.2, 0) is 6.42 Å². The summed E-state index contributed by atoms with van der Waals surface area (Å²) < 4.78 is 0. The number of benzene rings is 1. The van der Waals surface area contributed by atoms with Crippen molar-refractivity contribution in [1.82, 2.24) is 0 Å². The first-order chi connectivity index (χ1) is 5.58. The van der Waals surface area contributed by atoms with Crippen LogP contribution < -0.4 is 5.73 Å². The van der Waals surface area contributed by atoms with Gasteiger partial charge in [-0.3, -0.25) is 0 Å². The highest BCUT2D eigenvalue weighted by atomic mass is 16.3. The zero-order chi connectivity index (χ0) is 9.03. The van der Waals surface area contributed by atoms with Gasteiger partial charge in [0.1, 0.15) is 5.72 Å². The Hall–Kier alpha value is -0.860. The summed E-state index contributed by atoms with van der Waals surface area (Å²) in [6, 6.07) is 10.0. The van der Waals surface area contributed by atoms with Crippen molar-refractivity contribution in [3.8, 4) is 0 Å². The van der Waals surface area contributed by atoms with Crippen LogP contribution in [-0.4, -0.2) is 10.8 Å². The molecule has 0 radical (unpaired) electrons. The standard InChI is InChI=1S/C10H15NO/c1-10(11,12)8-7-9-5-3-2-4-6-9/h2-6,12H,7-8,11H2,1H3. The topological polar surface area (TPSA) is 46.2 Å². The molecule has 0 amide bonds. The molecular formula is C10H15NO. The summed E-state index contributed by atoms with van der Waals surface area (Å²) in [5.41, 5.74) is 5.60. The van der Waals surface area contributed by atoms with E-state index in [1.807, 2.05) is 30.3 Å². The summed E-state index contributed by atoms with van der Waals surface area (Å²) in [4.78, 5) is 0. The molecule has 0 bridgehead atoms. The second-order valence-corrected chi connectivity index (χ2v) is 3.34. The third kappa shape index (κ3) is 3.51. The van der Waals surface area contributed by atoms with Gasteiger partial charge in [0.15, 0.2) is 0 Å². The SMILES string of the molecule is CC(N)(O)CCc1ccccc1. The van der Waals surface area contributed by atoms with E-state index in [0.717, 1.165) is 6.42 Å². The highest BCUT2D eigenvalue weighted by Crippen LogP contribution is 2.08. The summed E-state index contributed by atoms with van der Waals surface area (Å²) in [6.07, 6.45) is 1.42. The van der Waals surface area contributed by atoms with Gasteiger partial charge in [0.2, 0.25) is 0 Å². The van der Waals surface area contributed by atoms with Crippen LogP contribution in [0.3, 0.4) is 0 Å². The maximum Gasteiger partial charge on any atom is 0.111 e. The highest BCUT2D eigenvalue weighted by Gasteiger charge is 2.11. The summed E-state index contributed by atoms with van der Waals surface area (Å²) in [7, 11) is 0. The molecule has 1 rings (SSSR count). The van der Waals surface area contributed by atoms with Crippen LogP contribution in [0.5, 0.6) is 0 Å². The molecule has 0 aliphatic carbocycles. The van der Waals surface area contributed by atoms with E-state index < -0.39 is 5.72 Å². The van der Waals surface area contributed by atoms with Gasteiger partial charge in [0, 0.05) is 0 Å². The number of aryl methyl sites for hydroxylation is 1. The van der Waals surface area contributed by atoms with E-state index >= 15 is 0 Å². The number of hydrogen-bond acceptors (Lipinski definition) is 2. The van der Waals surface area contributed by atoms with Crippen molar-refractivity contribution in [3.63, 3.8) is 0 Å². The van der Waals surface area contributed by atoms with Gasteiger partial charge in [-0.25, -0.2) is 0 Å². The fourth-order valence-corrected chi connectivity index (χ4v) is 1.04. The molecule has 0 saturated heterocycles. The van der Waals surface area contributed by atoms with Gasteiger partial charge in [-0.15, -0.1) is 0 Å². The van der Waals surface area contributed by atoms with E-state index in [9.17, 15) is 5.11 Å². The Morgan fingerprint density at radius 2 is 1.92 bits per heavy atom. The minimum Gasteiger partial charge on any atom is -0.376 e. The van der Waals surface area contributed by atoms with E-state index in [-0.39, 0.29) is 0 Å². The molecule has 0 aliphatic rings. The summed E-state index contributed by atoms with van der Waals surface area (Å²) in [6.45, 7) is 1.62. The predicted molar refractivity (Wildman–Crippen MR) is 49.6 cm³/mol. The number of rotatable bonds is 3. The quantitative estimate of drug-likeness (QED) is 0.663. The van der Waals surface area contributed by atoms with Crippen LogP contribution in [0.4, 0.5) is 0 Å². The Morgan fingerprint density at radius 3 is 2.42 bits per heavy atom. The first kappa shape index (κ1) is 9.23. The number of nitrogens with two attached hydrogens (primary N) is 1. The molecule has 1 unspecified atom stereocenters. The third-order valence-electron chi connectivity index (χ3n) is 1.76. The first-order valence-electron chi connectivity index (χ1n) is 4.13. The Balaban J connectivity index is 2.44. The van der Waals surface area contributed by atoms with Crippen LogP contribution in [0.1, 0.15) is 18.9 Å². The zero-order valence-electron chi connectivity index (χ0n) is 7.33. The van der Waals surface area contributed by atoms with E-state index in [1.165, 1.54) is 5.56 Å². The average Bonchev–Trinajstić information content (AvgIpc) is 2.02. The Labute approximate surface area is 73.0 Å². The van der Waals surface area contributed by atoms with E-state index in [1.54, 1.807) is 6.92 Å². The molecule has 3 N–H and O–H groups in total. The van der Waals surface area contributed by atoms with Gasteiger partial charge in [-0.2, -0.15) is 0 Å². The number of aliphatic hydroxyl groups is 1. The van der Waals surface area contributed by atoms with Crippen LogP contribution in [0.25, 0.3) is 0 Å². The molecule has 66 valence electrons. The lowest BCUT2D eigenvalue weighted by molar-refractivity contribution is 0.0583. The van der Waals surface area contributed by atoms with E-state index in [0.29, 0.717) is 6.42 Å².